The summed E-state index contributed by atoms with van der Waals surface area (Å²) in [5.74, 6) is -0.121. The van der Waals surface area contributed by atoms with Gasteiger partial charge in [-0.15, -0.1) is 0 Å². The summed E-state index contributed by atoms with van der Waals surface area (Å²) in [5.41, 5.74) is -2.97. The van der Waals surface area contributed by atoms with E-state index in [-0.39, 0.29) is 45.5 Å². The highest BCUT2D eigenvalue weighted by Gasteiger charge is 2.78. The maximum absolute atomic E-state index is 13.9. The number of hydrogen-bond acceptors (Lipinski definition) is 7. The number of carbonyl (C=O) groups excluding carboxylic acids is 1. The molecule has 3 heterocycles. The van der Waals surface area contributed by atoms with E-state index in [1.807, 2.05) is 0 Å². The summed E-state index contributed by atoms with van der Waals surface area (Å²) in [4.78, 5) is 15.5. The first-order valence-corrected chi connectivity index (χ1v) is 29.1. The molecule has 270 valence electrons. The van der Waals surface area contributed by atoms with E-state index >= 15 is 0 Å². The summed E-state index contributed by atoms with van der Waals surface area (Å²) in [6.45, 7) is 44.7. The Morgan fingerprint density at radius 3 is 1.50 bits per heavy atom. The van der Waals surface area contributed by atoms with Crippen molar-refractivity contribution < 1.29 is 32.3 Å². The second kappa shape index (κ2) is 11.8. The SMILES string of the molecule is CC(C)(C)[Si](C)(C)OC[C@@]12O[C@@H]([C@@H](O[Si](C)(C)C(C)(C)C)[C@@H](O[Si](C)(C)C(C)(C)C)[C@@H]1O[Si](C)(C)C(C)(C)C)N1C(=O)CC[C@@]12O. The molecule has 8 nitrogen and oxygen atoms in total. The maximum atomic E-state index is 13.9. The van der Waals surface area contributed by atoms with E-state index < -0.39 is 69.1 Å². The van der Waals surface area contributed by atoms with Crippen LogP contribution in [0.25, 0.3) is 0 Å². The van der Waals surface area contributed by atoms with E-state index in [4.69, 9.17) is 22.4 Å². The number of rotatable bonds is 9. The van der Waals surface area contributed by atoms with Gasteiger partial charge in [0.25, 0.3) is 0 Å². The highest BCUT2D eigenvalue weighted by atomic mass is 28.4. The van der Waals surface area contributed by atoms with Crippen molar-refractivity contribution >= 4 is 39.2 Å². The fourth-order valence-corrected chi connectivity index (χ4v) is 10.5. The third-order valence-corrected chi connectivity index (χ3v) is 31.0. The van der Waals surface area contributed by atoms with Crippen molar-refractivity contribution in [3.05, 3.63) is 0 Å². The zero-order chi connectivity index (χ0) is 36.1. The minimum atomic E-state index is -2.52. The van der Waals surface area contributed by atoms with Crippen molar-refractivity contribution in [3.8, 4) is 0 Å². The molecule has 1 N–H and O–H groups in total. The van der Waals surface area contributed by atoms with Gasteiger partial charge < -0.3 is 27.5 Å². The van der Waals surface area contributed by atoms with Crippen molar-refractivity contribution in [3.63, 3.8) is 0 Å². The number of fused-ring (bicyclic) bond motifs is 5. The molecule has 3 rings (SSSR count). The molecule has 0 unspecified atom stereocenters. The van der Waals surface area contributed by atoms with Gasteiger partial charge in [0.15, 0.2) is 50.8 Å². The van der Waals surface area contributed by atoms with Gasteiger partial charge in [-0.05, 0) is 72.5 Å². The van der Waals surface area contributed by atoms with Gasteiger partial charge in [-0.25, -0.2) is 0 Å². The van der Waals surface area contributed by atoms with E-state index in [1.54, 1.807) is 4.90 Å². The smallest absolute Gasteiger partial charge is 0.227 e. The Morgan fingerprint density at radius 1 is 0.696 bits per heavy atom. The molecular formula is C34H71NO7Si4. The normalized spacial score (nSPS) is 31.9. The van der Waals surface area contributed by atoms with Crippen LogP contribution >= 0.6 is 0 Å². The second-order valence-electron chi connectivity index (χ2n) is 20.5. The lowest BCUT2D eigenvalue weighted by atomic mass is 9.80. The lowest BCUT2D eigenvalue weighted by Crippen LogP contribution is -2.74. The van der Waals surface area contributed by atoms with Crippen molar-refractivity contribution in [1.29, 1.82) is 0 Å². The first-order chi connectivity index (χ1) is 20.1. The van der Waals surface area contributed by atoms with Gasteiger partial charge in [-0.2, -0.15) is 0 Å². The number of amides is 1. The number of nitrogens with zero attached hydrogens (tertiary/aromatic N) is 1. The maximum Gasteiger partial charge on any atom is 0.227 e. The minimum absolute atomic E-state index is 0.0646. The van der Waals surface area contributed by atoms with E-state index in [1.165, 1.54) is 0 Å². The predicted octanol–water partition coefficient (Wildman–Crippen LogP) is 8.60. The first kappa shape index (κ1) is 40.5. The topological polar surface area (TPSA) is 86.7 Å². The largest absolute Gasteiger partial charge is 0.414 e. The van der Waals surface area contributed by atoms with Crippen molar-refractivity contribution in [1.82, 2.24) is 4.90 Å². The second-order valence-corrected chi connectivity index (χ2v) is 39.6. The number of carbonyl (C=O) groups is 1. The molecule has 1 amide bonds. The summed E-state index contributed by atoms with van der Waals surface area (Å²) in [6.07, 6.45) is -2.26. The highest BCUT2D eigenvalue weighted by molar-refractivity contribution is 6.75. The first-order valence-electron chi connectivity index (χ1n) is 17.5. The molecule has 0 radical (unpaired) electrons. The van der Waals surface area contributed by atoms with Gasteiger partial charge in [0.1, 0.15) is 18.3 Å². The summed E-state index contributed by atoms with van der Waals surface area (Å²) in [7, 11) is -9.74. The van der Waals surface area contributed by atoms with Gasteiger partial charge in [0, 0.05) is 12.8 Å². The van der Waals surface area contributed by atoms with E-state index in [2.05, 4.69) is 135 Å². The summed E-state index contributed by atoms with van der Waals surface area (Å²) in [5, 5.41) is 12.6. The molecule has 0 saturated carbocycles. The average molecular weight is 718 g/mol. The lowest BCUT2D eigenvalue weighted by Gasteiger charge is -2.56. The Kier molecular flexibility index (Phi) is 10.4. The van der Waals surface area contributed by atoms with Crippen LogP contribution in [0.2, 0.25) is 72.5 Å². The number of aliphatic hydroxyl groups is 1. The van der Waals surface area contributed by atoms with Crippen LogP contribution in [0.5, 0.6) is 0 Å². The molecule has 3 fully saturated rings. The third kappa shape index (κ3) is 6.76. The van der Waals surface area contributed by atoms with Crippen LogP contribution < -0.4 is 0 Å². The molecule has 0 aromatic carbocycles. The van der Waals surface area contributed by atoms with Crippen molar-refractivity contribution in [2.45, 2.75) is 204 Å². The quantitative estimate of drug-likeness (QED) is 0.239. The Labute approximate surface area is 286 Å². The molecule has 0 aromatic rings. The average Bonchev–Trinajstić information content (AvgIpc) is 3.24. The fraction of sp³-hybridized carbons (Fsp3) is 0.971. The molecular weight excluding hydrogens is 647 g/mol. The molecule has 3 saturated heterocycles. The highest BCUT2D eigenvalue weighted by Crippen LogP contribution is 2.59. The molecule has 3 aliphatic rings. The Hall–Kier alpha value is 0.0975. The number of hydrogen-bond donors (Lipinski definition) is 1. The van der Waals surface area contributed by atoms with Crippen LogP contribution in [0.4, 0.5) is 0 Å². The van der Waals surface area contributed by atoms with Crippen LogP contribution in [0, 0.1) is 0 Å². The molecule has 2 bridgehead atoms. The van der Waals surface area contributed by atoms with Gasteiger partial charge in [-0.3, -0.25) is 9.69 Å². The molecule has 12 heteroatoms. The molecule has 46 heavy (non-hydrogen) atoms. The van der Waals surface area contributed by atoms with Crippen LogP contribution in [0.3, 0.4) is 0 Å². The zero-order valence-corrected chi connectivity index (χ0v) is 37.3. The third-order valence-electron chi connectivity index (χ3n) is 13.1. The van der Waals surface area contributed by atoms with Crippen molar-refractivity contribution in [2.75, 3.05) is 6.61 Å². The van der Waals surface area contributed by atoms with Gasteiger partial charge >= 0.3 is 0 Å². The van der Waals surface area contributed by atoms with E-state index in [0.717, 1.165) is 0 Å². The van der Waals surface area contributed by atoms with E-state index in [9.17, 15) is 9.90 Å². The molecule has 0 aliphatic carbocycles. The zero-order valence-electron chi connectivity index (χ0n) is 33.3. The Balaban J connectivity index is 2.40. The summed E-state index contributed by atoms with van der Waals surface area (Å²) >= 11 is 0. The van der Waals surface area contributed by atoms with Gasteiger partial charge in [0.2, 0.25) is 5.91 Å². The van der Waals surface area contributed by atoms with Crippen molar-refractivity contribution in [2.24, 2.45) is 0 Å². The molecule has 3 aliphatic heterocycles. The minimum Gasteiger partial charge on any atom is -0.414 e. The van der Waals surface area contributed by atoms with E-state index in [0.29, 0.717) is 0 Å². The molecule has 6 atom stereocenters. The fourth-order valence-electron chi connectivity index (χ4n) is 5.65. The predicted molar refractivity (Wildman–Crippen MR) is 198 cm³/mol. The Bertz CT molecular complexity index is 1150. The van der Waals surface area contributed by atoms with Crippen LogP contribution in [-0.4, -0.2) is 91.7 Å². The number of ether oxygens (including phenoxy) is 1. The van der Waals surface area contributed by atoms with Gasteiger partial charge in [0.05, 0.1) is 6.61 Å². The lowest BCUT2D eigenvalue weighted by molar-refractivity contribution is -0.267. The summed E-state index contributed by atoms with van der Waals surface area (Å²) in [6, 6.07) is 0. The molecule has 0 aromatic heterocycles. The van der Waals surface area contributed by atoms with Crippen LogP contribution in [0.1, 0.15) is 95.9 Å². The van der Waals surface area contributed by atoms with Crippen LogP contribution in [0.15, 0.2) is 0 Å². The monoisotopic (exact) mass is 717 g/mol. The Morgan fingerprint density at radius 2 is 1.09 bits per heavy atom. The summed E-state index contributed by atoms with van der Waals surface area (Å²) < 4.78 is 36.5. The molecule has 0 spiro atoms. The standard InChI is InChI=1S/C34H71NO7Si4/c1-29(2,3)43(13,14)38-23-33-27(42-46(19,20)32(10,11)12)25(40-44(15,16)30(4,5)6)26(41-45(17,18)31(7,8)9)28(39-33)35-24(36)21-22-34(33,35)37/h25-28,37H,21-23H2,1-20H3/t25-,26+,27+,28+,33-,34+/m1/s1. The van der Waals surface area contributed by atoms with Crippen LogP contribution in [-0.2, 0) is 27.2 Å². The van der Waals surface area contributed by atoms with Gasteiger partial charge in [-0.1, -0.05) is 83.1 Å².